The molecular weight excluding hydrogens is 252 g/mol. The summed E-state index contributed by atoms with van der Waals surface area (Å²) in [6.45, 7) is 1.73. The molecule has 1 aromatic carbocycles. The molecule has 1 aromatic rings. The van der Waals surface area contributed by atoms with Crippen LogP contribution >= 0.6 is 0 Å². The zero-order chi connectivity index (χ0) is 14.1. The summed E-state index contributed by atoms with van der Waals surface area (Å²) in [5, 5.41) is 9.65. The smallest absolute Gasteiger partial charge is 0.325 e. The van der Waals surface area contributed by atoms with Gasteiger partial charge in [-0.25, -0.2) is 0 Å². The molecule has 0 radical (unpaired) electrons. The van der Waals surface area contributed by atoms with Gasteiger partial charge in [-0.2, -0.15) is 0 Å². The molecule has 2 bridgehead atoms. The highest BCUT2D eigenvalue weighted by molar-refractivity contribution is 5.75. The number of carboxylic acids is 1. The summed E-state index contributed by atoms with van der Waals surface area (Å²) < 4.78 is 0. The molecule has 2 aliphatic heterocycles. The summed E-state index contributed by atoms with van der Waals surface area (Å²) in [5.41, 5.74) is 0.889. The van der Waals surface area contributed by atoms with Gasteiger partial charge in [0.15, 0.2) is 0 Å². The zero-order valence-electron chi connectivity index (χ0n) is 11.9. The summed E-state index contributed by atoms with van der Waals surface area (Å²) in [5.74, 6) is -0.739. The van der Waals surface area contributed by atoms with Crippen LogP contribution in [-0.2, 0) is 4.79 Å². The van der Waals surface area contributed by atoms with Crippen molar-refractivity contribution in [3.8, 4) is 0 Å². The van der Waals surface area contributed by atoms with Crippen molar-refractivity contribution in [3.63, 3.8) is 0 Å². The van der Waals surface area contributed by atoms with E-state index in [1.807, 2.05) is 30.3 Å². The van der Waals surface area contributed by atoms with Crippen LogP contribution in [0.4, 0.5) is 0 Å². The first-order valence-electron chi connectivity index (χ1n) is 7.40. The molecule has 3 rings (SSSR count). The minimum atomic E-state index is -0.739. The van der Waals surface area contributed by atoms with Gasteiger partial charge in [-0.05, 0) is 31.9 Å². The molecule has 0 aromatic heterocycles. The van der Waals surface area contributed by atoms with Gasteiger partial charge in [-0.3, -0.25) is 14.6 Å². The molecule has 3 atom stereocenters. The number of hydrogen-bond donors (Lipinski definition) is 1. The van der Waals surface area contributed by atoms with Crippen LogP contribution in [0, 0.1) is 0 Å². The maximum absolute atomic E-state index is 11.7. The third kappa shape index (κ3) is 2.45. The second-order valence-electron chi connectivity index (χ2n) is 5.99. The van der Waals surface area contributed by atoms with Crippen molar-refractivity contribution in [3.05, 3.63) is 35.9 Å². The van der Waals surface area contributed by atoms with Gasteiger partial charge in [0.1, 0.15) is 6.04 Å². The van der Waals surface area contributed by atoms with Crippen molar-refractivity contribution in [2.24, 2.45) is 0 Å². The third-order valence-electron chi connectivity index (χ3n) is 4.89. The summed E-state index contributed by atoms with van der Waals surface area (Å²) in [7, 11) is 2.18. The lowest BCUT2D eigenvalue weighted by Gasteiger charge is -2.30. The number of nitrogens with zero attached hydrogens (tertiary/aromatic N) is 2. The topological polar surface area (TPSA) is 43.8 Å². The lowest BCUT2D eigenvalue weighted by Crippen LogP contribution is -2.41. The highest BCUT2D eigenvalue weighted by atomic mass is 16.4. The Morgan fingerprint density at radius 3 is 2.60 bits per heavy atom. The summed E-state index contributed by atoms with van der Waals surface area (Å²) in [6.07, 6.45) is 3.53. The van der Waals surface area contributed by atoms with Crippen molar-refractivity contribution in [1.82, 2.24) is 9.80 Å². The SMILES string of the molecule is CN1C2CCC1CN(C(C(=O)O)c1ccccc1)CC2. The molecule has 2 aliphatic rings. The van der Waals surface area contributed by atoms with Gasteiger partial charge in [0.25, 0.3) is 0 Å². The van der Waals surface area contributed by atoms with Crippen LogP contribution in [0.3, 0.4) is 0 Å². The number of aliphatic carboxylic acids is 1. The molecule has 2 heterocycles. The standard InChI is InChI=1S/C16H22N2O2/c1-17-13-7-8-14(17)11-18(10-9-13)15(16(19)20)12-5-3-2-4-6-12/h2-6,13-15H,7-11H2,1H3,(H,19,20). The van der Waals surface area contributed by atoms with Crippen molar-refractivity contribution in [1.29, 1.82) is 0 Å². The predicted molar refractivity (Wildman–Crippen MR) is 77.6 cm³/mol. The Kier molecular flexibility index (Phi) is 3.76. The second-order valence-corrected chi connectivity index (χ2v) is 5.99. The largest absolute Gasteiger partial charge is 0.480 e. The fourth-order valence-electron chi connectivity index (χ4n) is 3.71. The van der Waals surface area contributed by atoms with E-state index in [0.717, 1.165) is 25.1 Å². The molecule has 0 saturated carbocycles. The van der Waals surface area contributed by atoms with Crippen LogP contribution in [-0.4, -0.2) is 53.1 Å². The minimum absolute atomic E-state index is 0.507. The number of rotatable bonds is 3. The van der Waals surface area contributed by atoms with E-state index in [0.29, 0.717) is 12.1 Å². The minimum Gasteiger partial charge on any atom is -0.480 e. The summed E-state index contributed by atoms with van der Waals surface area (Å²) in [4.78, 5) is 16.3. The normalized spacial score (nSPS) is 29.1. The Balaban J connectivity index is 1.84. The molecule has 108 valence electrons. The Labute approximate surface area is 120 Å². The average Bonchev–Trinajstić information content (AvgIpc) is 2.67. The van der Waals surface area contributed by atoms with Gasteiger partial charge in [-0.1, -0.05) is 30.3 Å². The van der Waals surface area contributed by atoms with E-state index in [9.17, 15) is 9.90 Å². The lowest BCUT2D eigenvalue weighted by atomic mass is 10.0. The molecule has 20 heavy (non-hydrogen) atoms. The fourth-order valence-corrected chi connectivity index (χ4v) is 3.71. The number of hydrogen-bond acceptors (Lipinski definition) is 3. The van der Waals surface area contributed by atoms with Crippen LogP contribution in [0.2, 0.25) is 0 Å². The first-order valence-corrected chi connectivity index (χ1v) is 7.40. The third-order valence-corrected chi connectivity index (χ3v) is 4.89. The Hall–Kier alpha value is -1.39. The van der Waals surface area contributed by atoms with Crippen molar-refractivity contribution < 1.29 is 9.90 Å². The number of carbonyl (C=O) groups is 1. The van der Waals surface area contributed by atoms with Crippen molar-refractivity contribution in [2.45, 2.75) is 37.4 Å². The first kappa shape index (κ1) is 13.6. The zero-order valence-corrected chi connectivity index (χ0v) is 11.9. The number of likely N-dealkylation sites (tertiary alicyclic amines) is 1. The molecule has 3 unspecified atom stereocenters. The van der Waals surface area contributed by atoms with Crippen LogP contribution in [0.1, 0.15) is 30.9 Å². The lowest BCUT2D eigenvalue weighted by molar-refractivity contribution is -0.143. The number of carboxylic acid groups (broad SMARTS) is 1. The van der Waals surface area contributed by atoms with Gasteiger partial charge >= 0.3 is 5.97 Å². The molecule has 0 amide bonds. The quantitative estimate of drug-likeness (QED) is 0.915. The van der Waals surface area contributed by atoms with E-state index in [1.54, 1.807) is 0 Å². The van der Waals surface area contributed by atoms with E-state index in [1.165, 1.54) is 12.8 Å². The van der Waals surface area contributed by atoms with Crippen LogP contribution in [0.5, 0.6) is 0 Å². The highest BCUT2D eigenvalue weighted by Crippen LogP contribution is 2.32. The number of likely N-dealkylation sites (N-methyl/N-ethyl adjacent to an activating group) is 1. The summed E-state index contributed by atoms with van der Waals surface area (Å²) in [6, 6.07) is 10.2. The van der Waals surface area contributed by atoms with E-state index in [-0.39, 0.29) is 0 Å². The molecule has 0 spiro atoms. The summed E-state index contributed by atoms with van der Waals surface area (Å²) >= 11 is 0. The molecule has 4 nitrogen and oxygen atoms in total. The average molecular weight is 274 g/mol. The van der Waals surface area contributed by atoms with Crippen LogP contribution < -0.4 is 0 Å². The monoisotopic (exact) mass is 274 g/mol. The molecule has 0 aliphatic carbocycles. The predicted octanol–water partition coefficient (Wildman–Crippen LogP) is 1.98. The molecule has 2 saturated heterocycles. The van der Waals surface area contributed by atoms with Gasteiger partial charge in [0, 0.05) is 25.2 Å². The molecule has 1 N–H and O–H groups in total. The van der Waals surface area contributed by atoms with Crippen molar-refractivity contribution in [2.75, 3.05) is 20.1 Å². The Morgan fingerprint density at radius 1 is 1.20 bits per heavy atom. The highest BCUT2D eigenvalue weighted by Gasteiger charge is 2.38. The van der Waals surface area contributed by atoms with E-state index in [2.05, 4.69) is 16.8 Å². The van der Waals surface area contributed by atoms with E-state index >= 15 is 0 Å². The van der Waals surface area contributed by atoms with Crippen LogP contribution in [0.25, 0.3) is 0 Å². The Bertz CT molecular complexity index is 477. The maximum atomic E-state index is 11.7. The van der Waals surface area contributed by atoms with Crippen molar-refractivity contribution >= 4 is 5.97 Å². The molecular formula is C16H22N2O2. The first-order chi connectivity index (χ1) is 9.66. The van der Waals surface area contributed by atoms with Gasteiger partial charge in [0.2, 0.25) is 0 Å². The van der Waals surface area contributed by atoms with Crippen LogP contribution in [0.15, 0.2) is 30.3 Å². The van der Waals surface area contributed by atoms with Gasteiger partial charge < -0.3 is 5.11 Å². The number of fused-ring (bicyclic) bond motifs is 2. The maximum Gasteiger partial charge on any atom is 0.325 e. The molecule has 4 heteroatoms. The fraction of sp³-hybridized carbons (Fsp3) is 0.562. The Morgan fingerprint density at radius 2 is 1.90 bits per heavy atom. The van der Waals surface area contributed by atoms with Gasteiger partial charge in [-0.15, -0.1) is 0 Å². The second kappa shape index (κ2) is 5.54. The number of benzene rings is 1. The van der Waals surface area contributed by atoms with E-state index < -0.39 is 12.0 Å². The van der Waals surface area contributed by atoms with E-state index in [4.69, 9.17) is 0 Å². The van der Waals surface area contributed by atoms with Gasteiger partial charge in [0.05, 0.1) is 0 Å². The molecule has 2 fully saturated rings.